The number of benzene rings is 3. The van der Waals surface area contributed by atoms with E-state index in [-0.39, 0.29) is 0 Å². The first-order valence-corrected chi connectivity index (χ1v) is 13.3. The Bertz CT molecular complexity index is 1310. The number of aromatic nitrogens is 2. The van der Waals surface area contributed by atoms with Crippen molar-refractivity contribution in [2.75, 3.05) is 19.6 Å². The zero-order valence-electron chi connectivity index (χ0n) is 19.9. The molecule has 35 heavy (non-hydrogen) atoms. The van der Waals surface area contributed by atoms with Gasteiger partial charge in [-0.15, -0.1) is 0 Å². The number of thioether (sulfide) groups is 1. The molecule has 0 spiro atoms. The second kappa shape index (κ2) is 11.1. The van der Waals surface area contributed by atoms with Crippen LogP contribution in [0.25, 0.3) is 10.8 Å². The van der Waals surface area contributed by atoms with Crippen molar-refractivity contribution in [1.82, 2.24) is 14.5 Å². The molecule has 1 N–H and O–H groups in total. The summed E-state index contributed by atoms with van der Waals surface area (Å²) in [5.74, 6) is -0.317. The summed E-state index contributed by atoms with van der Waals surface area (Å²) in [5.41, 5.74) is 3.54. The Labute approximate surface area is 210 Å². The van der Waals surface area contributed by atoms with Gasteiger partial charge in [0.2, 0.25) is 0 Å². The van der Waals surface area contributed by atoms with E-state index in [2.05, 4.69) is 58.1 Å². The van der Waals surface area contributed by atoms with Crippen molar-refractivity contribution in [2.45, 2.75) is 43.1 Å². The summed E-state index contributed by atoms with van der Waals surface area (Å²) in [5, 5.41) is 13.0. The van der Waals surface area contributed by atoms with Crippen LogP contribution in [0.4, 0.5) is 0 Å². The Hall–Kier alpha value is -3.09. The molecule has 2 heterocycles. The van der Waals surface area contributed by atoms with Gasteiger partial charge in [0.25, 0.3) is 0 Å². The van der Waals surface area contributed by atoms with Gasteiger partial charge in [0.1, 0.15) is 0 Å². The molecule has 0 unspecified atom stereocenters. The van der Waals surface area contributed by atoms with E-state index in [1.54, 1.807) is 23.9 Å². The van der Waals surface area contributed by atoms with Gasteiger partial charge in [-0.2, -0.15) is 0 Å². The van der Waals surface area contributed by atoms with E-state index in [1.165, 1.54) is 48.7 Å². The predicted octanol–water partition coefficient (Wildman–Crippen LogP) is 6.10. The van der Waals surface area contributed by atoms with Gasteiger partial charge in [0, 0.05) is 24.9 Å². The topological polar surface area (TPSA) is 58.4 Å². The van der Waals surface area contributed by atoms with Crippen molar-refractivity contribution >= 4 is 28.5 Å². The van der Waals surface area contributed by atoms with E-state index < -0.39 is 5.97 Å². The molecule has 0 atom stereocenters. The van der Waals surface area contributed by atoms with Gasteiger partial charge in [-0.3, -0.25) is 0 Å². The van der Waals surface area contributed by atoms with Crippen LogP contribution in [0.5, 0.6) is 0 Å². The summed E-state index contributed by atoms with van der Waals surface area (Å²) < 4.78 is 2.24. The van der Waals surface area contributed by atoms with Crippen molar-refractivity contribution in [3.63, 3.8) is 0 Å². The summed E-state index contributed by atoms with van der Waals surface area (Å²) in [7, 11) is 0. The van der Waals surface area contributed by atoms with Crippen LogP contribution in [0.15, 0.2) is 78.1 Å². The number of carboxylic acids is 1. The van der Waals surface area contributed by atoms with E-state index in [9.17, 15) is 9.90 Å². The molecule has 1 aliphatic rings. The van der Waals surface area contributed by atoms with Crippen molar-refractivity contribution < 1.29 is 9.90 Å². The highest BCUT2D eigenvalue weighted by atomic mass is 32.2. The fourth-order valence-corrected chi connectivity index (χ4v) is 5.87. The molecule has 180 valence electrons. The number of piperidine rings is 1. The lowest BCUT2D eigenvalue weighted by Crippen LogP contribution is -2.31. The third-order valence-electron chi connectivity index (χ3n) is 6.75. The van der Waals surface area contributed by atoms with Crippen LogP contribution in [0.2, 0.25) is 0 Å². The number of aromatic carboxylic acids is 1. The summed E-state index contributed by atoms with van der Waals surface area (Å²) in [6, 6.07) is 22.2. The number of likely N-dealkylation sites (tertiary alicyclic amines) is 1. The minimum atomic E-state index is -0.887. The number of fused-ring (bicyclic) bond motifs is 1. The van der Waals surface area contributed by atoms with E-state index in [4.69, 9.17) is 4.98 Å². The summed E-state index contributed by atoms with van der Waals surface area (Å²) in [4.78, 5) is 19.2. The van der Waals surface area contributed by atoms with E-state index in [0.717, 1.165) is 35.9 Å². The van der Waals surface area contributed by atoms with Gasteiger partial charge in [-0.25, -0.2) is 9.78 Å². The van der Waals surface area contributed by atoms with Crippen LogP contribution < -0.4 is 0 Å². The maximum absolute atomic E-state index is 11.7. The summed E-state index contributed by atoms with van der Waals surface area (Å²) in [6.45, 7) is 4.15. The van der Waals surface area contributed by atoms with Crippen LogP contribution in [0.1, 0.15) is 46.4 Å². The molecule has 0 radical (unpaired) electrons. The average Bonchev–Trinajstić information content (AvgIpc) is 3.28. The van der Waals surface area contributed by atoms with Crippen LogP contribution in [-0.2, 0) is 18.7 Å². The molecule has 5 rings (SSSR count). The van der Waals surface area contributed by atoms with Gasteiger partial charge < -0.3 is 14.6 Å². The Balaban J connectivity index is 1.40. The van der Waals surface area contributed by atoms with Crippen molar-refractivity contribution in [3.05, 3.63) is 95.3 Å². The number of imidazole rings is 1. The zero-order chi connectivity index (χ0) is 24.0. The molecular weight excluding hydrogens is 454 g/mol. The highest BCUT2D eigenvalue weighted by Gasteiger charge is 2.16. The molecule has 1 fully saturated rings. The zero-order valence-corrected chi connectivity index (χ0v) is 20.7. The largest absolute Gasteiger partial charge is 0.478 e. The van der Waals surface area contributed by atoms with Gasteiger partial charge in [-0.05, 0) is 53.9 Å². The molecule has 3 aromatic carbocycles. The molecule has 0 amide bonds. The van der Waals surface area contributed by atoms with Gasteiger partial charge in [0.05, 0.1) is 17.8 Å². The van der Waals surface area contributed by atoms with Crippen LogP contribution in [-0.4, -0.2) is 45.2 Å². The average molecular weight is 486 g/mol. The van der Waals surface area contributed by atoms with Crippen LogP contribution >= 0.6 is 11.8 Å². The number of nitrogens with zero attached hydrogens (tertiary/aromatic N) is 3. The first-order valence-electron chi connectivity index (χ1n) is 12.4. The fraction of sp³-hybridized carbons (Fsp3) is 0.310. The van der Waals surface area contributed by atoms with Crippen molar-refractivity contribution in [2.24, 2.45) is 0 Å². The quantitative estimate of drug-likeness (QED) is 0.290. The van der Waals surface area contributed by atoms with Gasteiger partial charge in [-0.1, -0.05) is 78.8 Å². The van der Waals surface area contributed by atoms with Crippen LogP contribution in [0, 0.1) is 0 Å². The van der Waals surface area contributed by atoms with Gasteiger partial charge >= 0.3 is 5.97 Å². The Kier molecular flexibility index (Phi) is 7.50. The normalized spacial score (nSPS) is 14.4. The first-order chi connectivity index (χ1) is 17.2. The van der Waals surface area contributed by atoms with E-state index >= 15 is 0 Å². The minimum Gasteiger partial charge on any atom is -0.478 e. The maximum atomic E-state index is 11.7. The molecule has 0 saturated carbocycles. The molecule has 1 saturated heterocycles. The number of carbonyl (C=O) groups is 1. The third-order valence-corrected chi connectivity index (χ3v) is 7.79. The van der Waals surface area contributed by atoms with Crippen LogP contribution in [0.3, 0.4) is 0 Å². The number of hydrogen-bond donors (Lipinski definition) is 1. The SMILES string of the molecule is O=C(O)c1ccccc1CSc1nc(CCN2CCCCC2)cn1Cc1cccc2ccccc12. The highest BCUT2D eigenvalue weighted by molar-refractivity contribution is 7.98. The summed E-state index contributed by atoms with van der Waals surface area (Å²) >= 11 is 1.61. The Morgan fingerprint density at radius 3 is 2.51 bits per heavy atom. The van der Waals surface area contributed by atoms with Crippen molar-refractivity contribution in [1.29, 1.82) is 0 Å². The number of hydrogen-bond acceptors (Lipinski definition) is 4. The molecule has 4 aromatic rings. The molecule has 1 aliphatic heterocycles. The molecule has 0 aliphatic carbocycles. The lowest BCUT2D eigenvalue weighted by Gasteiger charge is -2.25. The highest BCUT2D eigenvalue weighted by Crippen LogP contribution is 2.27. The van der Waals surface area contributed by atoms with Crippen molar-refractivity contribution in [3.8, 4) is 0 Å². The number of rotatable bonds is 9. The van der Waals surface area contributed by atoms with Gasteiger partial charge in [0.15, 0.2) is 5.16 Å². The van der Waals surface area contributed by atoms with E-state index in [0.29, 0.717) is 11.3 Å². The second-order valence-electron chi connectivity index (χ2n) is 9.18. The maximum Gasteiger partial charge on any atom is 0.335 e. The first kappa shape index (κ1) is 23.6. The third kappa shape index (κ3) is 5.77. The van der Waals surface area contributed by atoms with E-state index in [1.807, 2.05) is 12.1 Å². The smallest absolute Gasteiger partial charge is 0.335 e. The molecule has 5 nitrogen and oxygen atoms in total. The lowest BCUT2D eigenvalue weighted by atomic mass is 10.0. The standard InChI is InChI=1S/C29H31N3O2S/c33-28(34)27-14-5-3-10-24(27)21-35-29-30-25(15-18-31-16-6-1-7-17-31)20-32(29)19-23-12-8-11-22-9-2-4-13-26(22)23/h2-5,8-14,20H,1,6-7,15-19,21H2,(H,33,34). The number of carboxylic acid groups (broad SMARTS) is 1. The fourth-order valence-electron chi connectivity index (χ4n) is 4.87. The lowest BCUT2D eigenvalue weighted by molar-refractivity contribution is 0.0696. The predicted molar refractivity (Wildman–Crippen MR) is 142 cm³/mol. The molecule has 6 heteroatoms. The Morgan fingerprint density at radius 2 is 1.66 bits per heavy atom. The molecule has 1 aromatic heterocycles. The minimum absolute atomic E-state index is 0.359. The second-order valence-corrected chi connectivity index (χ2v) is 10.1. The molecule has 0 bridgehead atoms. The summed E-state index contributed by atoms with van der Waals surface area (Å²) in [6.07, 6.45) is 7.05. The monoisotopic (exact) mass is 485 g/mol. The Morgan fingerprint density at radius 1 is 0.914 bits per heavy atom. The molecular formula is C29H31N3O2S.